The Hall–Kier alpha value is -3.72. The zero-order valence-electron chi connectivity index (χ0n) is 17.4. The van der Waals surface area contributed by atoms with E-state index in [-0.39, 0.29) is 11.4 Å². The molecule has 8 nitrogen and oxygen atoms in total. The maximum Gasteiger partial charge on any atom is 0.273 e. The number of rotatable bonds is 3. The highest BCUT2D eigenvalue weighted by atomic mass is 35.5. The summed E-state index contributed by atoms with van der Waals surface area (Å²) in [7, 11) is 0. The first-order valence-electron chi connectivity index (χ1n) is 10.8. The lowest BCUT2D eigenvalue weighted by atomic mass is 10.1. The van der Waals surface area contributed by atoms with Crippen LogP contribution in [0.25, 0.3) is 33.2 Å². The summed E-state index contributed by atoms with van der Waals surface area (Å²) in [6, 6.07) is 8.41. The van der Waals surface area contributed by atoms with E-state index in [0.717, 1.165) is 43.4 Å². The summed E-state index contributed by atoms with van der Waals surface area (Å²) >= 11 is 6.63. The predicted octanol–water partition coefficient (Wildman–Crippen LogP) is 4.99. The van der Waals surface area contributed by atoms with Crippen molar-refractivity contribution in [1.82, 2.24) is 30.4 Å². The van der Waals surface area contributed by atoms with Crippen molar-refractivity contribution in [2.75, 3.05) is 5.32 Å². The van der Waals surface area contributed by atoms with Crippen LogP contribution in [0.2, 0.25) is 5.02 Å². The maximum absolute atomic E-state index is 14.2. The number of hydrogen-bond donors (Lipinski definition) is 4. The molecule has 5 aromatic rings. The van der Waals surface area contributed by atoms with Gasteiger partial charge in [0.2, 0.25) is 0 Å². The van der Waals surface area contributed by atoms with Crippen molar-refractivity contribution in [3.63, 3.8) is 0 Å². The minimum Gasteiger partial charge on any atom is -0.323 e. The summed E-state index contributed by atoms with van der Waals surface area (Å²) in [4.78, 5) is 21.9. The Balaban J connectivity index is 1.53. The van der Waals surface area contributed by atoms with E-state index >= 15 is 0 Å². The van der Waals surface area contributed by atoms with Crippen LogP contribution in [0.15, 0.2) is 35.1 Å². The molecule has 0 saturated carbocycles. The molecule has 4 N–H and O–H groups in total. The predicted molar refractivity (Wildman–Crippen MR) is 126 cm³/mol. The molecule has 10 heteroatoms. The Kier molecular flexibility index (Phi) is 4.65. The van der Waals surface area contributed by atoms with Gasteiger partial charge in [0, 0.05) is 22.2 Å². The summed E-state index contributed by atoms with van der Waals surface area (Å²) in [5, 5.41) is 17.0. The standard InChI is InChI=1S/C23H19ClFN7O/c24-18-12(9-10-16-17(18)23(33)32-29-16)21-26-15-8-3-1-2-5-11(15)20(27-21)28-22-13-6-4-7-14(25)19(13)30-31-22/h4,6-7,9-10H,1-3,5,8H2,(H2,29,32,33)(H2,26,27,28,30,31). The van der Waals surface area contributed by atoms with Gasteiger partial charge in [-0.25, -0.2) is 14.4 Å². The van der Waals surface area contributed by atoms with E-state index in [4.69, 9.17) is 21.6 Å². The first kappa shape index (κ1) is 19.9. The van der Waals surface area contributed by atoms with Crippen LogP contribution in [-0.4, -0.2) is 30.4 Å². The van der Waals surface area contributed by atoms with Crippen LogP contribution in [0.3, 0.4) is 0 Å². The topological polar surface area (TPSA) is 115 Å². The number of benzene rings is 2. The summed E-state index contributed by atoms with van der Waals surface area (Å²) in [5.74, 6) is 1.17. The number of aromatic nitrogens is 6. The van der Waals surface area contributed by atoms with E-state index in [1.54, 1.807) is 24.3 Å². The summed E-state index contributed by atoms with van der Waals surface area (Å²) in [6.45, 7) is 0. The van der Waals surface area contributed by atoms with Gasteiger partial charge in [-0.3, -0.25) is 20.1 Å². The molecule has 0 amide bonds. The first-order valence-corrected chi connectivity index (χ1v) is 11.2. The number of aromatic amines is 3. The molecule has 2 aromatic carbocycles. The molecule has 166 valence electrons. The average Bonchev–Trinajstić information content (AvgIpc) is 3.30. The number of hydrogen-bond acceptors (Lipinski definition) is 5. The molecule has 1 aliphatic carbocycles. The third kappa shape index (κ3) is 3.27. The number of aryl methyl sites for hydroxylation is 1. The van der Waals surface area contributed by atoms with Gasteiger partial charge in [-0.05, 0) is 49.9 Å². The van der Waals surface area contributed by atoms with Crippen molar-refractivity contribution in [3.05, 3.63) is 62.8 Å². The summed E-state index contributed by atoms with van der Waals surface area (Å²) < 4.78 is 14.2. The Labute approximate surface area is 191 Å². The second kappa shape index (κ2) is 7.70. The van der Waals surface area contributed by atoms with Crippen LogP contribution in [0.4, 0.5) is 16.0 Å². The highest BCUT2D eigenvalue weighted by Gasteiger charge is 2.21. The van der Waals surface area contributed by atoms with Gasteiger partial charge < -0.3 is 5.32 Å². The van der Waals surface area contributed by atoms with Gasteiger partial charge in [0.1, 0.15) is 17.2 Å². The van der Waals surface area contributed by atoms with Crippen molar-refractivity contribution >= 4 is 45.0 Å². The maximum atomic E-state index is 14.2. The molecule has 0 saturated heterocycles. The third-order valence-corrected chi connectivity index (χ3v) is 6.53. The smallest absolute Gasteiger partial charge is 0.273 e. The normalized spacial score (nSPS) is 13.9. The van der Waals surface area contributed by atoms with Crippen LogP contribution >= 0.6 is 11.6 Å². The lowest BCUT2D eigenvalue weighted by Gasteiger charge is -2.15. The van der Waals surface area contributed by atoms with E-state index in [0.29, 0.717) is 49.9 Å². The lowest BCUT2D eigenvalue weighted by molar-refractivity contribution is 0.636. The minimum atomic E-state index is -0.368. The molecule has 0 spiro atoms. The molecule has 0 bridgehead atoms. The molecular weight excluding hydrogens is 445 g/mol. The third-order valence-electron chi connectivity index (χ3n) is 6.14. The molecule has 1 aliphatic rings. The highest BCUT2D eigenvalue weighted by molar-refractivity contribution is 6.38. The van der Waals surface area contributed by atoms with Gasteiger partial charge in [0.15, 0.2) is 11.6 Å². The molecule has 33 heavy (non-hydrogen) atoms. The SMILES string of the molecule is O=c1[nH][nH]c2ccc(-c3nc4c(c(Nc5n[nH]c6c(F)cccc56)n3)CCCCC4)c(Cl)c12. The number of nitrogens with zero attached hydrogens (tertiary/aromatic N) is 3. The molecule has 0 atom stereocenters. The number of H-pyrrole nitrogens is 3. The number of nitrogens with one attached hydrogen (secondary N) is 4. The Morgan fingerprint density at radius 1 is 1.00 bits per heavy atom. The van der Waals surface area contributed by atoms with Crippen LogP contribution in [0.5, 0.6) is 0 Å². The molecule has 3 heterocycles. The van der Waals surface area contributed by atoms with E-state index in [1.165, 1.54) is 6.07 Å². The van der Waals surface area contributed by atoms with E-state index in [2.05, 4.69) is 25.7 Å². The van der Waals surface area contributed by atoms with E-state index < -0.39 is 0 Å². The minimum absolute atomic E-state index is 0.293. The second-order valence-electron chi connectivity index (χ2n) is 8.17. The fourth-order valence-electron chi connectivity index (χ4n) is 4.47. The zero-order chi connectivity index (χ0) is 22.5. The molecule has 0 unspecified atom stereocenters. The van der Waals surface area contributed by atoms with Crippen LogP contribution < -0.4 is 10.9 Å². The fraction of sp³-hybridized carbons (Fsp3) is 0.217. The molecule has 3 aromatic heterocycles. The van der Waals surface area contributed by atoms with Crippen molar-refractivity contribution in [3.8, 4) is 11.4 Å². The lowest BCUT2D eigenvalue weighted by Crippen LogP contribution is -2.08. The highest BCUT2D eigenvalue weighted by Crippen LogP contribution is 2.35. The van der Waals surface area contributed by atoms with Gasteiger partial charge >= 0.3 is 0 Å². The monoisotopic (exact) mass is 463 g/mol. The van der Waals surface area contributed by atoms with Crippen LogP contribution in [0, 0.1) is 5.82 Å². The number of anilines is 2. The summed E-state index contributed by atoms with van der Waals surface area (Å²) in [6.07, 6.45) is 4.82. The average molecular weight is 464 g/mol. The quantitative estimate of drug-likeness (QED) is 0.281. The fourth-order valence-corrected chi connectivity index (χ4v) is 4.81. The molecular formula is C23H19ClFN7O. The van der Waals surface area contributed by atoms with E-state index in [9.17, 15) is 9.18 Å². The molecule has 0 aliphatic heterocycles. The molecule has 0 fully saturated rings. The number of para-hydroxylation sites is 1. The molecule has 0 radical (unpaired) electrons. The summed E-state index contributed by atoms with van der Waals surface area (Å²) in [5.41, 5.74) is 3.20. The Bertz CT molecular complexity index is 1590. The zero-order valence-corrected chi connectivity index (χ0v) is 18.2. The van der Waals surface area contributed by atoms with Crippen molar-refractivity contribution < 1.29 is 4.39 Å². The largest absolute Gasteiger partial charge is 0.323 e. The van der Waals surface area contributed by atoms with Crippen molar-refractivity contribution in [2.24, 2.45) is 0 Å². The van der Waals surface area contributed by atoms with Crippen LogP contribution in [0.1, 0.15) is 30.5 Å². The van der Waals surface area contributed by atoms with Crippen molar-refractivity contribution in [1.29, 1.82) is 0 Å². The number of fused-ring (bicyclic) bond motifs is 3. The van der Waals surface area contributed by atoms with Gasteiger partial charge in [0.05, 0.1) is 15.9 Å². The Morgan fingerprint density at radius 3 is 2.79 bits per heavy atom. The van der Waals surface area contributed by atoms with E-state index in [1.807, 2.05) is 0 Å². The van der Waals surface area contributed by atoms with Gasteiger partial charge in [0.25, 0.3) is 5.56 Å². The Morgan fingerprint density at radius 2 is 1.88 bits per heavy atom. The first-order chi connectivity index (χ1) is 16.1. The number of halogens is 2. The van der Waals surface area contributed by atoms with Gasteiger partial charge in [-0.2, -0.15) is 5.10 Å². The molecule has 6 rings (SSSR count). The van der Waals surface area contributed by atoms with Gasteiger partial charge in [-0.1, -0.05) is 24.1 Å². The van der Waals surface area contributed by atoms with Gasteiger partial charge in [-0.15, -0.1) is 0 Å². The second-order valence-corrected chi connectivity index (χ2v) is 8.55. The van der Waals surface area contributed by atoms with Crippen molar-refractivity contribution in [2.45, 2.75) is 32.1 Å². The van der Waals surface area contributed by atoms with Crippen LogP contribution in [-0.2, 0) is 12.8 Å².